The van der Waals surface area contributed by atoms with Gasteiger partial charge in [-0.25, -0.2) is 9.59 Å². The third kappa shape index (κ3) is 9.44. The number of hydrogen-bond donors (Lipinski definition) is 0. The van der Waals surface area contributed by atoms with Crippen LogP contribution in [0.5, 0.6) is 46.0 Å². The van der Waals surface area contributed by atoms with Gasteiger partial charge in [0, 0.05) is 45.6 Å². The van der Waals surface area contributed by atoms with Crippen molar-refractivity contribution in [1.29, 1.82) is 0 Å². The van der Waals surface area contributed by atoms with Crippen molar-refractivity contribution in [2.24, 2.45) is 0 Å². The molecule has 14 nitrogen and oxygen atoms in total. The van der Waals surface area contributed by atoms with Crippen molar-refractivity contribution < 1.29 is 105 Å². The summed E-state index contributed by atoms with van der Waals surface area (Å²) in [6.45, 7) is 6.96. The fraction of sp³-hybridized carbons (Fsp3) is 0.370. The van der Waals surface area contributed by atoms with E-state index in [2.05, 4.69) is 52.1 Å². The van der Waals surface area contributed by atoms with Crippen LogP contribution in [0.1, 0.15) is 49.1 Å². The molecule has 325 valence electrons. The molecule has 0 bridgehead atoms. The molecule has 6 heterocycles. The first-order chi connectivity index (χ1) is 29.3. The SMILES string of the molecule is CCOC(=O)COc1c(OC)ccc2c1CN1CCc3cc4c(cc3C1C2)OCO4.CCOC(=O)COc1c(OC)ccc2cc3[n+](cc12)CCc1cc2c(cc1-3)OCO2.[B].[Cl-].[H-].[Na+]. The first-order valence-electron chi connectivity index (χ1n) is 20.2. The molecular formula is C46H48BClN2NaO12. The van der Waals surface area contributed by atoms with E-state index in [1.165, 1.54) is 22.3 Å². The van der Waals surface area contributed by atoms with E-state index in [1.807, 2.05) is 18.2 Å². The number of benzene rings is 4. The number of carbonyl (C=O) groups is 2. The second-order valence-electron chi connectivity index (χ2n) is 14.8. The van der Waals surface area contributed by atoms with Gasteiger partial charge in [-0.3, -0.25) is 4.90 Å². The predicted molar refractivity (Wildman–Crippen MR) is 223 cm³/mol. The monoisotopic (exact) mass is 889 g/mol. The molecule has 0 fully saturated rings. The van der Waals surface area contributed by atoms with E-state index < -0.39 is 5.97 Å². The summed E-state index contributed by atoms with van der Waals surface area (Å²) in [4.78, 5) is 26.1. The van der Waals surface area contributed by atoms with Gasteiger partial charge in [-0.15, -0.1) is 0 Å². The maximum Gasteiger partial charge on any atom is 1.00 e. The number of rotatable bonds is 10. The molecule has 1 aromatic heterocycles. The number of aromatic nitrogens is 1. The maximum atomic E-state index is 11.8. The third-order valence-corrected chi connectivity index (χ3v) is 11.5. The number of aryl methyl sites for hydroxylation is 2. The second-order valence-corrected chi connectivity index (χ2v) is 14.8. The van der Waals surface area contributed by atoms with Crippen molar-refractivity contribution in [3.05, 3.63) is 88.6 Å². The van der Waals surface area contributed by atoms with Crippen LogP contribution in [0.3, 0.4) is 0 Å². The van der Waals surface area contributed by atoms with E-state index in [4.69, 9.17) is 47.4 Å². The van der Waals surface area contributed by atoms with Crippen molar-refractivity contribution in [2.45, 2.75) is 52.2 Å². The average Bonchev–Trinajstić information content (AvgIpc) is 3.94. The number of pyridine rings is 1. The van der Waals surface area contributed by atoms with Crippen LogP contribution >= 0.6 is 0 Å². The van der Waals surface area contributed by atoms with Gasteiger partial charge in [0.15, 0.2) is 72.0 Å². The minimum Gasteiger partial charge on any atom is -1.00 e. The fourth-order valence-corrected chi connectivity index (χ4v) is 8.69. The van der Waals surface area contributed by atoms with Gasteiger partial charge in [0.05, 0.1) is 38.4 Å². The summed E-state index contributed by atoms with van der Waals surface area (Å²) in [6.07, 6.45) is 4.77. The number of carbonyl (C=O) groups excluding carboxylic acids is 2. The minimum absolute atomic E-state index is 0. The van der Waals surface area contributed by atoms with E-state index in [9.17, 15) is 9.59 Å². The molecule has 4 aromatic carbocycles. The zero-order valence-corrected chi connectivity index (χ0v) is 38.8. The smallest absolute Gasteiger partial charge is 1.00 e. The molecule has 0 spiro atoms. The van der Waals surface area contributed by atoms with Gasteiger partial charge in [-0.1, -0.05) is 6.07 Å². The summed E-state index contributed by atoms with van der Waals surface area (Å²) >= 11 is 0. The molecule has 0 amide bonds. The average molecular weight is 890 g/mol. The molecule has 5 aliphatic heterocycles. The van der Waals surface area contributed by atoms with Crippen LogP contribution in [-0.2, 0) is 51.4 Å². The molecule has 5 aromatic rings. The van der Waals surface area contributed by atoms with Crippen LogP contribution in [0.15, 0.2) is 60.8 Å². The zero-order chi connectivity index (χ0) is 41.3. The van der Waals surface area contributed by atoms with Gasteiger partial charge >= 0.3 is 41.5 Å². The molecule has 0 saturated heterocycles. The van der Waals surface area contributed by atoms with Crippen molar-refractivity contribution in [2.75, 3.05) is 60.8 Å². The summed E-state index contributed by atoms with van der Waals surface area (Å²) in [6, 6.07) is 18.7. The predicted octanol–water partition coefficient (Wildman–Crippen LogP) is -0.209. The summed E-state index contributed by atoms with van der Waals surface area (Å²) in [5.41, 5.74) is 8.41. The Labute approximate surface area is 397 Å². The number of halogens is 1. The van der Waals surface area contributed by atoms with E-state index >= 15 is 0 Å². The van der Waals surface area contributed by atoms with Gasteiger partial charge in [0.1, 0.15) is 0 Å². The van der Waals surface area contributed by atoms with Crippen molar-refractivity contribution >= 4 is 31.1 Å². The Kier molecular flexibility index (Phi) is 15.5. The van der Waals surface area contributed by atoms with Gasteiger partial charge in [-0.05, 0) is 96.8 Å². The van der Waals surface area contributed by atoms with Crippen molar-refractivity contribution in [3.63, 3.8) is 0 Å². The molecule has 0 aliphatic carbocycles. The summed E-state index contributed by atoms with van der Waals surface area (Å²) in [7, 11) is 3.20. The van der Waals surface area contributed by atoms with E-state index in [-0.39, 0.29) is 90.6 Å². The summed E-state index contributed by atoms with van der Waals surface area (Å²) < 4.78 is 57.2. The molecule has 0 N–H and O–H groups in total. The largest absolute Gasteiger partial charge is 1.00 e. The normalized spacial score (nSPS) is 15.4. The Hall–Kier alpha value is -5.06. The third-order valence-electron chi connectivity index (χ3n) is 11.5. The second kappa shape index (κ2) is 20.6. The van der Waals surface area contributed by atoms with E-state index in [0.717, 1.165) is 89.5 Å². The Morgan fingerprint density at radius 3 is 2.03 bits per heavy atom. The van der Waals surface area contributed by atoms with Gasteiger partial charge in [0.2, 0.25) is 19.3 Å². The van der Waals surface area contributed by atoms with Crippen molar-refractivity contribution in [3.8, 4) is 57.3 Å². The van der Waals surface area contributed by atoms with Crippen molar-refractivity contribution in [1.82, 2.24) is 4.90 Å². The minimum atomic E-state index is -0.410. The summed E-state index contributed by atoms with van der Waals surface area (Å²) in [5, 5.41) is 1.87. The van der Waals surface area contributed by atoms with E-state index in [0.29, 0.717) is 36.2 Å². The molecule has 1 unspecified atom stereocenters. The Bertz CT molecular complexity index is 2510. The molecule has 5 aliphatic rings. The molecule has 0 saturated carbocycles. The first kappa shape index (κ1) is 47.4. The van der Waals surface area contributed by atoms with Crippen LogP contribution in [0, 0.1) is 0 Å². The molecule has 63 heavy (non-hydrogen) atoms. The zero-order valence-electron chi connectivity index (χ0n) is 37.1. The van der Waals surface area contributed by atoms with Crippen LogP contribution < -0.4 is 84.4 Å². The maximum absolute atomic E-state index is 11.8. The first-order valence-corrected chi connectivity index (χ1v) is 20.2. The van der Waals surface area contributed by atoms with Gasteiger partial charge in [-0.2, -0.15) is 4.57 Å². The quantitative estimate of drug-likeness (QED) is 0.104. The standard InChI is InChI=1S/C23H25NO6.C23H22NO6.B.ClH.Na.H/c2*1-3-27-22(25)12-28-23-17-11-24-7-6-15-9-20-21(30-13-29-20)10-16(15)18(24)8-14(17)4-5-19(23)26-2;;;;/h4-5,9-10,18H,3,6-8,11-13H2,1-2H3;4-5,8-11H,3,6-7,12-13H2,1-2H3;;1H;;/q;+1;;;+1;-1/p-1. The number of nitrogens with zero attached hydrogens (tertiary/aromatic N) is 2. The Balaban J connectivity index is 0.000000227. The topological polar surface area (TPSA) is 134 Å². The Morgan fingerprint density at radius 1 is 0.762 bits per heavy atom. The van der Waals surface area contributed by atoms with Crippen LogP contribution in [0.2, 0.25) is 0 Å². The fourth-order valence-electron chi connectivity index (χ4n) is 8.69. The van der Waals surface area contributed by atoms with Gasteiger partial charge < -0.3 is 61.2 Å². The van der Waals surface area contributed by atoms with E-state index in [1.54, 1.807) is 28.1 Å². The van der Waals surface area contributed by atoms with Gasteiger partial charge in [0.25, 0.3) is 0 Å². The summed E-state index contributed by atoms with van der Waals surface area (Å²) in [5.74, 6) is 4.85. The number of methoxy groups -OCH3 is 2. The number of fused-ring (bicyclic) bond motifs is 10. The van der Waals surface area contributed by atoms with Crippen LogP contribution in [0.25, 0.3) is 22.0 Å². The molecular weight excluding hydrogens is 842 g/mol. The van der Waals surface area contributed by atoms with Crippen LogP contribution in [0.4, 0.5) is 0 Å². The number of hydrogen-bond acceptors (Lipinski definition) is 13. The molecule has 1 atom stereocenters. The molecule has 3 radical (unpaired) electrons. The molecule has 10 rings (SSSR count). The Morgan fingerprint density at radius 2 is 1.37 bits per heavy atom. The number of esters is 2. The number of ether oxygens (including phenoxy) is 10. The molecule has 17 heteroatoms. The van der Waals surface area contributed by atoms with Crippen LogP contribution in [-0.4, -0.2) is 86.0 Å².